The molecule has 1 heterocycles. The maximum atomic E-state index is 6.14. The number of nitrogens with zero attached hydrogens (tertiary/aromatic N) is 3. The van der Waals surface area contributed by atoms with Crippen LogP contribution in [0.2, 0.25) is 0 Å². The molecular weight excluding hydrogens is 200 g/mol. The van der Waals surface area contributed by atoms with Crippen molar-refractivity contribution in [3.05, 3.63) is 11.6 Å². The minimum atomic E-state index is 0.161. The number of hydrogen-bond donors (Lipinski definition) is 1. The predicted molar refractivity (Wildman–Crippen MR) is 66.2 cm³/mol. The maximum Gasteiger partial charge on any atom is 0.134 e. The standard InChI is InChI=1S/C12H24N4/c1-6-16-9(2)14-15-11(16)7-10(13)8-12(3,4)5/h10H,6-8,13H2,1-5H3. The molecule has 92 valence electrons. The molecule has 0 spiro atoms. The number of aryl methyl sites for hydroxylation is 1. The van der Waals surface area contributed by atoms with E-state index in [1.807, 2.05) is 6.92 Å². The van der Waals surface area contributed by atoms with E-state index in [0.717, 1.165) is 31.0 Å². The van der Waals surface area contributed by atoms with Gasteiger partial charge in [0, 0.05) is 19.0 Å². The highest BCUT2D eigenvalue weighted by molar-refractivity contribution is 4.96. The fraction of sp³-hybridized carbons (Fsp3) is 0.833. The van der Waals surface area contributed by atoms with Gasteiger partial charge in [0.25, 0.3) is 0 Å². The van der Waals surface area contributed by atoms with Crippen molar-refractivity contribution in [1.82, 2.24) is 14.8 Å². The van der Waals surface area contributed by atoms with Crippen LogP contribution < -0.4 is 5.73 Å². The molecular formula is C12H24N4. The van der Waals surface area contributed by atoms with Gasteiger partial charge in [0.05, 0.1) is 0 Å². The number of nitrogens with two attached hydrogens (primary N) is 1. The monoisotopic (exact) mass is 224 g/mol. The van der Waals surface area contributed by atoms with Crippen molar-refractivity contribution in [2.45, 2.75) is 60.0 Å². The molecule has 4 heteroatoms. The lowest BCUT2D eigenvalue weighted by Gasteiger charge is -2.22. The van der Waals surface area contributed by atoms with Crippen LogP contribution in [-0.4, -0.2) is 20.8 Å². The van der Waals surface area contributed by atoms with Crippen LogP contribution in [0.5, 0.6) is 0 Å². The van der Waals surface area contributed by atoms with E-state index in [4.69, 9.17) is 5.73 Å². The lowest BCUT2D eigenvalue weighted by atomic mass is 9.87. The molecule has 1 rings (SSSR count). The van der Waals surface area contributed by atoms with E-state index < -0.39 is 0 Å². The second-order valence-corrected chi connectivity index (χ2v) is 5.64. The summed E-state index contributed by atoms with van der Waals surface area (Å²) in [6, 6.07) is 0.161. The lowest BCUT2D eigenvalue weighted by Crippen LogP contribution is -2.29. The SMILES string of the molecule is CCn1c(C)nnc1CC(N)CC(C)(C)C. The minimum absolute atomic E-state index is 0.161. The van der Waals surface area contributed by atoms with Crippen LogP contribution in [0.3, 0.4) is 0 Å². The largest absolute Gasteiger partial charge is 0.327 e. The molecule has 0 aromatic carbocycles. The Morgan fingerprint density at radius 2 is 1.94 bits per heavy atom. The zero-order chi connectivity index (χ0) is 12.3. The summed E-state index contributed by atoms with van der Waals surface area (Å²) in [5.74, 6) is 1.98. The van der Waals surface area contributed by atoms with Crippen LogP contribution in [0.25, 0.3) is 0 Å². The molecule has 1 unspecified atom stereocenters. The fourth-order valence-corrected chi connectivity index (χ4v) is 2.08. The van der Waals surface area contributed by atoms with Gasteiger partial charge in [-0.15, -0.1) is 10.2 Å². The number of aromatic nitrogens is 3. The van der Waals surface area contributed by atoms with Crippen LogP contribution >= 0.6 is 0 Å². The Morgan fingerprint density at radius 1 is 1.31 bits per heavy atom. The summed E-state index contributed by atoms with van der Waals surface area (Å²) < 4.78 is 2.13. The summed E-state index contributed by atoms with van der Waals surface area (Å²) in [5, 5.41) is 8.28. The average molecular weight is 224 g/mol. The van der Waals surface area contributed by atoms with Crippen LogP contribution in [0.15, 0.2) is 0 Å². The first-order chi connectivity index (χ1) is 7.33. The summed E-state index contributed by atoms with van der Waals surface area (Å²) in [7, 11) is 0. The molecule has 2 N–H and O–H groups in total. The molecule has 1 aromatic heterocycles. The van der Waals surface area contributed by atoms with Crippen molar-refractivity contribution in [3.63, 3.8) is 0 Å². The average Bonchev–Trinajstić information content (AvgIpc) is 2.43. The van der Waals surface area contributed by atoms with Gasteiger partial charge < -0.3 is 10.3 Å². The quantitative estimate of drug-likeness (QED) is 0.850. The Kier molecular flexibility index (Phi) is 4.08. The second-order valence-electron chi connectivity index (χ2n) is 5.64. The first-order valence-electron chi connectivity index (χ1n) is 5.97. The number of rotatable bonds is 4. The van der Waals surface area contributed by atoms with Gasteiger partial charge >= 0.3 is 0 Å². The zero-order valence-electron chi connectivity index (χ0n) is 11.1. The molecule has 0 bridgehead atoms. The normalized spacial score (nSPS) is 14.1. The van der Waals surface area contributed by atoms with Gasteiger partial charge in [-0.05, 0) is 25.7 Å². The fourth-order valence-electron chi connectivity index (χ4n) is 2.08. The molecule has 1 atom stereocenters. The van der Waals surface area contributed by atoms with E-state index in [-0.39, 0.29) is 11.5 Å². The van der Waals surface area contributed by atoms with E-state index in [9.17, 15) is 0 Å². The van der Waals surface area contributed by atoms with Gasteiger partial charge in [-0.2, -0.15) is 0 Å². The molecule has 4 nitrogen and oxygen atoms in total. The van der Waals surface area contributed by atoms with Crippen LogP contribution in [-0.2, 0) is 13.0 Å². The van der Waals surface area contributed by atoms with E-state index in [0.29, 0.717) is 0 Å². The molecule has 16 heavy (non-hydrogen) atoms. The Morgan fingerprint density at radius 3 is 2.44 bits per heavy atom. The molecule has 0 aliphatic carbocycles. The van der Waals surface area contributed by atoms with Gasteiger partial charge in [0.15, 0.2) is 0 Å². The van der Waals surface area contributed by atoms with Crippen LogP contribution in [0.1, 0.15) is 45.8 Å². The van der Waals surface area contributed by atoms with Gasteiger partial charge in [0.2, 0.25) is 0 Å². The smallest absolute Gasteiger partial charge is 0.134 e. The molecule has 0 saturated carbocycles. The molecule has 0 amide bonds. The van der Waals surface area contributed by atoms with E-state index in [1.165, 1.54) is 0 Å². The van der Waals surface area contributed by atoms with Crippen LogP contribution in [0.4, 0.5) is 0 Å². The molecule has 0 aliphatic rings. The van der Waals surface area contributed by atoms with Gasteiger partial charge in [-0.1, -0.05) is 20.8 Å². The Hall–Kier alpha value is -0.900. The van der Waals surface area contributed by atoms with Crippen molar-refractivity contribution >= 4 is 0 Å². The highest BCUT2D eigenvalue weighted by Gasteiger charge is 2.18. The predicted octanol–water partition coefficient (Wildman–Crippen LogP) is 1.91. The summed E-state index contributed by atoms with van der Waals surface area (Å²) in [4.78, 5) is 0. The van der Waals surface area contributed by atoms with Crippen molar-refractivity contribution < 1.29 is 0 Å². The summed E-state index contributed by atoms with van der Waals surface area (Å²) in [6.07, 6.45) is 1.81. The Labute approximate surface area is 98.2 Å². The minimum Gasteiger partial charge on any atom is -0.327 e. The third kappa shape index (κ3) is 3.59. The van der Waals surface area contributed by atoms with Crippen molar-refractivity contribution in [2.75, 3.05) is 0 Å². The lowest BCUT2D eigenvalue weighted by molar-refractivity contribution is 0.335. The summed E-state index contributed by atoms with van der Waals surface area (Å²) in [6.45, 7) is 11.6. The summed E-state index contributed by atoms with van der Waals surface area (Å²) >= 11 is 0. The van der Waals surface area contributed by atoms with Crippen molar-refractivity contribution in [2.24, 2.45) is 11.1 Å². The molecule has 1 aromatic rings. The topological polar surface area (TPSA) is 56.7 Å². The van der Waals surface area contributed by atoms with E-state index in [2.05, 4.69) is 42.5 Å². The molecule has 0 aliphatic heterocycles. The first kappa shape index (κ1) is 13.2. The van der Waals surface area contributed by atoms with E-state index >= 15 is 0 Å². The van der Waals surface area contributed by atoms with Gasteiger partial charge in [-0.25, -0.2) is 0 Å². The van der Waals surface area contributed by atoms with Gasteiger partial charge in [0.1, 0.15) is 11.6 Å². The third-order valence-corrected chi connectivity index (χ3v) is 2.65. The van der Waals surface area contributed by atoms with Crippen molar-refractivity contribution in [1.29, 1.82) is 0 Å². The van der Waals surface area contributed by atoms with Gasteiger partial charge in [-0.3, -0.25) is 0 Å². The van der Waals surface area contributed by atoms with E-state index in [1.54, 1.807) is 0 Å². The van der Waals surface area contributed by atoms with Crippen molar-refractivity contribution in [3.8, 4) is 0 Å². The first-order valence-corrected chi connectivity index (χ1v) is 5.97. The second kappa shape index (κ2) is 4.95. The highest BCUT2D eigenvalue weighted by Crippen LogP contribution is 2.21. The maximum absolute atomic E-state index is 6.14. The highest BCUT2D eigenvalue weighted by atomic mass is 15.3. The Bertz CT molecular complexity index is 335. The number of hydrogen-bond acceptors (Lipinski definition) is 3. The summed E-state index contributed by atoms with van der Waals surface area (Å²) in [5.41, 5.74) is 6.41. The Balaban J connectivity index is 2.66. The third-order valence-electron chi connectivity index (χ3n) is 2.65. The zero-order valence-corrected chi connectivity index (χ0v) is 11.1. The molecule has 0 saturated heterocycles. The van der Waals surface area contributed by atoms with Crippen LogP contribution in [0, 0.1) is 12.3 Å². The molecule has 0 radical (unpaired) electrons. The molecule has 0 fully saturated rings.